The van der Waals surface area contributed by atoms with Gasteiger partial charge in [0.2, 0.25) is 17.7 Å². The molecule has 1 aromatic carbocycles. The van der Waals surface area contributed by atoms with Gasteiger partial charge in [0.15, 0.2) is 0 Å². The van der Waals surface area contributed by atoms with E-state index in [1.54, 1.807) is 4.90 Å². The maximum atomic E-state index is 13.7. The number of alkyl halides is 2. The molecule has 220 valence electrons. The Morgan fingerprint density at radius 3 is 2.59 bits per heavy atom. The molecule has 0 radical (unpaired) electrons. The zero-order valence-electron chi connectivity index (χ0n) is 22.2. The summed E-state index contributed by atoms with van der Waals surface area (Å²) >= 11 is 0. The van der Waals surface area contributed by atoms with Crippen molar-refractivity contribution in [2.75, 3.05) is 32.8 Å². The Hall–Kier alpha value is -1.72. The number of hydrogen-bond donors (Lipinski definition) is 2. The van der Waals surface area contributed by atoms with Crippen molar-refractivity contribution < 1.29 is 27.8 Å². The number of rotatable bonds is 6. The molecule has 5 atom stereocenters. The van der Waals surface area contributed by atoms with Crippen LogP contribution in [0.5, 0.6) is 5.75 Å². The Morgan fingerprint density at radius 2 is 1.87 bits per heavy atom. The molecule has 4 aliphatic rings. The second-order valence-corrected chi connectivity index (χ2v) is 10.9. The molecule has 1 saturated carbocycles. The number of amides is 2. The summed E-state index contributed by atoms with van der Waals surface area (Å²) in [6.45, 7) is 4.55. The lowest BCUT2D eigenvalue weighted by molar-refractivity contribution is -0.148. The first kappa shape index (κ1) is 31.8. The van der Waals surface area contributed by atoms with Crippen molar-refractivity contribution in [3.05, 3.63) is 29.8 Å². The van der Waals surface area contributed by atoms with E-state index in [1.807, 2.05) is 31.2 Å². The minimum absolute atomic E-state index is 0. The molecule has 0 bridgehead atoms. The summed E-state index contributed by atoms with van der Waals surface area (Å²) in [5.74, 6) is -2.79. The van der Waals surface area contributed by atoms with Crippen molar-refractivity contribution in [1.82, 2.24) is 15.1 Å². The molecular formula is C27H40Cl2F2N4O4. The largest absolute Gasteiger partial charge is 0.493 e. The molecule has 8 nitrogen and oxygen atoms in total. The monoisotopic (exact) mass is 592 g/mol. The third kappa shape index (κ3) is 6.96. The lowest BCUT2D eigenvalue weighted by Crippen LogP contribution is -2.65. The standard InChI is InChI=1S/C27H38F2N4O4.2ClH/c1-2-36-19-13-18-14-33(26(35)24(30)17-7-10-27(28,29)11-8-17)22(16-32(18)15-19)25(34)31-21-9-12-37-23-6-4-3-5-20(21)23;;/h3-6,17-19,21-22,24H,2,7-16,30H2,1H3,(H,31,34);2*1H/t18-,19-,21-,22+,24+;;/m1../s1. The highest BCUT2D eigenvalue weighted by Crippen LogP contribution is 2.38. The summed E-state index contributed by atoms with van der Waals surface area (Å²) in [4.78, 5) is 31.3. The van der Waals surface area contributed by atoms with E-state index in [4.69, 9.17) is 15.2 Å². The number of fused-ring (bicyclic) bond motifs is 2. The van der Waals surface area contributed by atoms with E-state index in [9.17, 15) is 18.4 Å². The van der Waals surface area contributed by atoms with Gasteiger partial charge < -0.3 is 25.4 Å². The highest BCUT2D eigenvalue weighted by atomic mass is 35.5. The second-order valence-electron chi connectivity index (χ2n) is 10.9. The minimum atomic E-state index is -2.69. The molecule has 5 rings (SSSR count). The Labute approximate surface area is 241 Å². The number of carbonyl (C=O) groups is 2. The van der Waals surface area contributed by atoms with Crippen LogP contribution in [0.1, 0.15) is 57.1 Å². The van der Waals surface area contributed by atoms with Gasteiger partial charge in [-0.05, 0) is 38.2 Å². The van der Waals surface area contributed by atoms with Gasteiger partial charge in [-0.25, -0.2) is 8.78 Å². The van der Waals surface area contributed by atoms with Crippen LogP contribution in [-0.4, -0.2) is 84.6 Å². The second kappa shape index (κ2) is 13.3. The lowest BCUT2D eigenvalue weighted by Gasteiger charge is -2.45. The van der Waals surface area contributed by atoms with Crippen molar-refractivity contribution in [3.63, 3.8) is 0 Å². The van der Waals surface area contributed by atoms with Crippen LogP contribution in [0.4, 0.5) is 8.78 Å². The molecule has 1 aliphatic carbocycles. The Bertz CT molecular complexity index is 996. The van der Waals surface area contributed by atoms with Crippen LogP contribution in [0.2, 0.25) is 0 Å². The summed E-state index contributed by atoms with van der Waals surface area (Å²) in [7, 11) is 0. The summed E-state index contributed by atoms with van der Waals surface area (Å²) in [6, 6.07) is 5.91. The van der Waals surface area contributed by atoms with Crippen LogP contribution in [0.3, 0.4) is 0 Å². The van der Waals surface area contributed by atoms with Gasteiger partial charge in [0.05, 0.1) is 24.8 Å². The summed E-state index contributed by atoms with van der Waals surface area (Å²) in [6.07, 6.45) is 1.40. The third-order valence-electron chi connectivity index (χ3n) is 8.50. The first-order valence-electron chi connectivity index (χ1n) is 13.6. The summed E-state index contributed by atoms with van der Waals surface area (Å²) in [5.41, 5.74) is 7.33. The normalized spacial score (nSPS) is 29.1. The fourth-order valence-corrected chi connectivity index (χ4v) is 6.43. The zero-order valence-corrected chi connectivity index (χ0v) is 23.9. The van der Waals surface area contributed by atoms with E-state index in [0.29, 0.717) is 39.3 Å². The number of halogens is 4. The van der Waals surface area contributed by atoms with Gasteiger partial charge >= 0.3 is 0 Å². The molecule has 2 amide bonds. The molecule has 0 unspecified atom stereocenters. The fourth-order valence-electron chi connectivity index (χ4n) is 6.43. The number of nitrogens with one attached hydrogen (secondary N) is 1. The first-order valence-corrected chi connectivity index (χ1v) is 13.6. The molecular weight excluding hydrogens is 553 g/mol. The molecule has 3 N–H and O–H groups in total. The van der Waals surface area contributed by atoms with E-state index >= 15 is 0 Å². The maximum absolute atomic E-state index is 13.7. The van der Waals surface area contributed by atoms with Gasteiger partial charge in [-0.3, -0.25) is 14.5 Å². The number of ether oxygens (including phenoxy) is 2. The zero-order chi connectivity index (χ0) is 26.2. The minimum Gasteiger partial charge on any atom is -0.493 e. The molecule has 3 heterocycles. The molecule has 39 heavy (non-hydrogen) atoms. The van der Waals surface area contributed by atoms with Crippen LogP contribution in [-0.2, 0) is 14.3 Å². The van der Waals surface area contributed by atoms with Crippen molar-refractivity contribution in [2.24, 2.45) is 11.7 Å². The van der Waals surface area contributed by atoms with Crippen LogP contribution in [0, 0.1) is 5.92 Å². The molecule has 1 aromatic rings. The number of hydrogen-bond acceptors (Lipinski definition) is 6. The molecule has 0 spiro atoms. The molecule has 3 aliphatic heterocycles. The number of carbonyl (C=O) groups excluding carboxylic acids is 2. The quantitative estimate of drug-likeness (QED) is 0.526. The number of para-hydroxylation sites is 1. The van der Waals surface area contributed by atoms with E-state index in [0.717, 1.165) is 17.7 Å². The average molecular weight is 594 g/mol. The Morgan fingerprint density at radius 1 is 1.15 bits per heavy atom. The van der Waals surface area contributed by atoms with Gasteiger partial charge in [-0.2, -0.15) is 0 Å². The SMILES string of the molecule is CCO[C@@H]1C[C@@H]2CN(C(=O)[C@@H](N)C3CCC(F)(F)CC3)[C@H](C(=O)N[C@@H]3CCOc4ccccc43)CN2C1.Cl.Cl. The van der Waals surface area contributed by atoms with Crippen molar-refractivity contribution in [2.45, 2.75) is 81.6 Å². The first-order chi connectivity index (χ1) is 17.8. The van der Waals surface area contributed by atoms with Crippen LogP contribution >= 0.6 is 24.8 Å². The summed E-state index contributed by atoms with van der Waals surface area (Å²) < 4.78 is 39.0. The van der Waals surface area contributed by atoms with Crippen molar-refractivity contribution >= 4 is 36.6 Å². The highest BCUT2D eigenvalue weighted by Gasteiger charge is 2.47. The lowest BCUT2D eigenvalue weighted by atomic mass is 9.81. The molecule has 3 fully saturated rings. The van der Waals surface area contributed by atoms with Gasteiger partial charge in [0.25, 0.3) is 0 Å². The van der Waals surface area contributed by atoms with Gasteiger partial charge in [-0.15, -0.1) is 24.8 Å². The van der Waals surface area contributed by atoms with E-state index in [1.165, 1.54) is 0 Å². The van der Waals surface area contributed by atoms with Crippen molar-refractivity contribution in [1.29, 1.82) is 0 Å². The number of piperazine rings is 1. The smallest absolute Gasteiger partial charge is 0.248 e. The van der Waals surface area contributed by atoms with Gasteiger partial charge in [-0.1, -0.05) is 18.2 Å². The average Bonchev–Trinajstić information content (AvgIpc) is 3.29. The van der Waals surface area contributed by atoms with Gasteiger partial charge in [0.1, 0.15) is 11.8 Å². The Kier molecular flexibility index (Phi) is 10.8. The predicted octanol–water partition coefficient (Wildman–Crippen LogP) is 3.31. The number of nitrogens with two attached hydrogens (primary N) is 1. The molecule has 0 aromatic heterocycles. The van der Waals surface area contributed by atoms with Crippen molar-refractivity contribution in [3.8, 4) is 5.75 Å². The third-order valence-corrected chi connectivity index (χ3v) is 8.50. The van der Waals surface area contributed by atoms with Gasteiger partial charge in [0, 0.05) is 57.1 Å². The number of benzene rings is 1. The van der Waals surface area contributed by atoms with E-state index in [2.05, 4.69) is 10.2 Å². The number of nitrogens with zero attached hydrogens (tertiary/aromatic N) is 2. The fraction of sp³-hybridized carbons (Fsp3) is 0.704. The van der Waals surface area contributed by atoms with Crippen LogP contribution < -0.4 is 15.8 Å². The predicted molar refractivity (Wildman–Crippen MR) is 148 cm³/mol. The topological polar surface area (TPSA) is 97.1 Å². The molecule has 12 heteroatoms. The van der Waals surface area contributed by atoms with E-state index < -0.39 is 18.0 Å². The summed E-state index contributed by atoms with van der Waals surface area (Å²) in [5, 5.41) is 3.16. The Balaban J connectivity index is 0.00000210. The molecule has 2 saturated heterocycles. The van der Waals surface area contributed by atoms with E-state index in [-0.39, 0.29) is 86.4 Å². The van der Waals surface area contributed by atoms with Crippen LogP contribution in [0.15, 0.2) is 24.3 Å². The maximum Gasteiger partial charge on any atom is 0.248 e. The highest BCUT2D eigenvalue weighted by molar-refractivity contribution is 5.90. The van der Waals surface area contributed by atoms with Crippen LogP contribution in [0.25, 0.3) is 0 Å².